The number of anilines is 1. The van der Waals surface area contributed by atoms with Crippen molar-refractivity contribution in [3.8, 4) is 0 Å². The van der Waals surface area contributed by atoms with Gasteiger partial charge in [0.05, 0.1) is 0 Å². The highest BCUT2D eigenvalue weighted by atomic mass is 16.4. The summed E-state index contributed by atoms with van der Waals surface area (Å²) in [6.07, 6.45) is 3.69. The second-order valence-electron chi connectivity index (χ2n) is 5.62. The van der Waals surface area contributed by atoms with Crippen LogP contribution >= 0.6 is 0 Å². The lowest BCUT2D eigenvalue weighted by molar-refractivity contribution is 0.370. The lowest BCUT2D eigenvalue weighted by Crippen LogP contribution is -2.38. The summed E-state index contributed by atoms with van der Waals surface area (Å²) >= 11 is 0. The van der Waals surface area contributed by atoms with Crippen molar-refractivity contribution in [2.45, 2.75) is 26.2 Å². The van der Waals surface area contributed by atoms with Crippen molar-refractivity contribution >= 4 is 17.1 Å². The Bertz CT molecular complexity index is 512. The van der Waals surface area contributed by atoms with Crippen LogP contribution in [0, 0.1) is 5.92 Å². The molecule has 1 unspecified atom stereocenters. The molecular weight excluding hydrogens is 250 g/mol. The van der Waals surface area contributed by atoms with Crippen LogP contribution in [0.4, 0.5) is 6.01 Å². The minimum absolute atomic E-state index is 0.699. The molecule has 1 aliphatic rings. The number of aromatic nitrogens is 1. The van der Waals surface area contributed by atoms with Gasteiger partial charge in [-0.25, -0.2) is 0 Å². The van der Waals surface area contributed by atoms with Gasteiger partial charge in [-0.05, 0) is 50.4 Å². The summed E-state index contributed by atoms with van der Waals surface area (Å²) in [6, 6.07) is 8.77. The third kappa shape index (κ3) is 2.96. The molecule has 1 atom stereocenters. The Morgan fingerprint density at radius 1 is 1.40 bits per heavy atom. The van der Waals surface area contributed by atoms with E-state index in [0.29, 0.717) is 5.92 Å². The number of hydrogen-bond acceptors (Lipinski definition) is 4. The average Bonchev–Trinajstić information content (AvgIpc) is 2.92. The lowest BCUT2D eigenvalue weighted by atomic mass is 9.99. The first kappa shape index (κ1) is 13.4. The molecule has 4 nitrogen and oxygen atoms in total. The number of nitrogens with zero attached hydrogens (tertiary/aromatic N) is 2. The summed E-state index contributed by atoms with van der Waals surface area (Å²) in [5, 5.41) is 3.48. The van der Waals surface area contributed by atoms with E-state index < -0.39 is 0 Å². The minimum atomic E-state index is 0.699. The van der Waals surface area contributed by atoms with Crippen molar-refractivity contribution in [3.63, 3.8) is 0 Å². The number of piperidine rings is 1. The summed E-state index contributed by atoms with van der Waals surface area (Å²) in [7, 11) is 0. The fraction of sp³-hybridized carbons (Fsp3) is 0.562. The number of rotatable bonds is 5. The maximum absolute atomic E-state index is 5.92. The van der Waals surface area contributed by atoms with E-state index in [0.717, 1.165) is 49.7 Å². The zero-order valence-electron chi connectivity index (χ0n) is 12.1. The van der Waals surface area contributed by atoms with Crippen LogP contribution in [0.25, 0.3) is 11.1 Å². The zero-order chi connectivity index (χ0) is 13.8. The number of para-hydroxylation sites is 2. The van der Waals surface area contributed by atoms with Crippen molar-refractivity contribution in [1.29, 1.82) is 0 Å². The van der Waals surface area contributed by atoms with Crippen LogP contribution in [0.15, 0.2) is 28.7 Å². The van der Waals surface area contributed by atoms with E-state index in [1.807, 2.05) is 24.3 Å². The highest BCUT2D eigenvalue weighted by Crippen LogP contribution is 2.23. The Labute approximate surface area is 120 Å². The molecule has 0 spiro atoms. The molecule has 4 heteroatoms. The van der Waals surface area contributed by atoms with Gasteiger partial charge in [0.2, 0.25) is 0 Å². The minimum Gasteiger partial charge on any atom is -0.423 e. The van der Waals surface area contributed by atoms with Gasteiger partial charge in [0, 0.05) is 13.1 Å². The van der Waals surface area contributed by atoms with Crippen LogP contribution in [0.3, 0.4) is 0 Å². The van der Waals surface area contributed by atoms with Gasteiger partial charge in [0.25, 0.3) is 6.01 Å². The molecule has 1 saturated heterocycles. The third-order valence-corrected chi connectivity index (χ3v) is 3.92. The van der Waals surface area contributed by atoms with Crippen molar-refractivity contribution in [2.75, 3.05) is 31.1 Å². The number of hydrogen-bond donors (Lipinski definition) is 1. The van der Waals surface area contributed by atoms with Crippen LogP contribution in [0.5, 0.6) is 0 Å². The van der Waals surface area contributed by atoms with Crippen molar-refractivity contribution < 1.29 is 4.42 Å². The van der Waals surface area contributed by atoms with Gasteiger partial charge < -0.3 is 14.6 Å². The van der Waals surface area contributed by atoms with Gasteiger partial charge in [-0.1, -0.05) is 19.1 Å². The highest BCUT2D eigenvalue weighted by molar-refractivity contribution is 5.74. The molecule has 1 N–H and O–H groups in total. The molecule has 108 valence electrons. The Morgan fingerprint density at radius 2 is 2.30 bits per heavy atom. The van der Waals surface area contributed by atoms with E-state index in [1.54, 1.807) is 0 Å². The lowest BCUT2D eigenvalue weighted by Gasteiger charge is -2.29. The summed E-state index contributed by atoms with van der Waals surface area (Å²) in [6.45, 7) is 6.51. The van der Waals surface area contributed by atoms with Gasteiger partial charge in [0.1, 0.15) is 5.52 Å². The predicted molar refractivity (Wildman–Crippen MR) is 82.1 cm³/mol. The number of fused-ring (bicyclic) bond motifs is 1. The molecule has 0 radical (unpaired) electrons. The topological polar surface area (TPSA) is 41.3 Å². The van der Waals surface area contributed by atoms with E-state index in [-0.39, 0.29) is 0 Å². The Kier molecular flexibility index (Phi) is 4.21. The molecule has 2 aromatic rings. The smallest absolute Gasteiger partial charge is 0.298 e. The molecule has 20 heavy (non-hydrogen) atoms. The summed E-state index contributed by atoms with van der Waals surface area (Å²) in [5.41, 5.74) is 1.83. The van der Waals surface area contributed by atoms with E-state index in [2.05, 4.69) is 22.1 Å². The quantitative estimate of drug-likeness (QED) is 0.909. The molecule has 2 heterocycles. The SMILES string of the molecule is CCCN(CC1CCCNC1)c1nc2ccccc2o1. The fourth-order valence-corrected chi connectivity index (χ4v) is 2.92. The van der Waals surface area contributed by atoms with Gasteiger partial charge >= 0.3 is 0 Å². The summed E-state index contributed by atoms with van der Waals surface area (Å²) < 4.78 is 5.92. The van der Waals surface area contributed by atoms with E-state index in [1.165, 1.54) is 12.8 Å². The van der Waals surface area contributed by atoms with Gasteiger partial charge in [-0.3, -0.25) is 0 Å². The first-order chi connectivity index (χ1) is 9.86. The van der Waals surface area contributed by atoms with Gasteiger partial charge in [-0.15, -0.1) is 0 Å². The molecule has 0 aliphatic carbocycles. The predicted octanol–water partition coefficient (Wildman–Crippen LogP) is 3.04. The zero-order valence-corrected chi connectivity index (χ0v) is 12.1. The molecule has 1 aliphatic heterocycles. The molecule has 0 bridgehead atoms. The summed E-state index contributed by atoms with van der Waals surface area (Å²) in [4.78, 5) is 6.94. The monoisotopic (exact) mass is 273 g/mol. The van der Waals surface area contributed by atoms with Crippen molar-refractivity contribution in [2.24, 2.45) is 5.92 Å². The molecular formula is C16H23N3O. The molecule has 3 rings (SSSR count). The van der Waals surface area contributed by atoms with Gasteiger partial charge in [0.15, 0.2) is 5.58 Å². The molecule has 0 amide bonds. The summed E-state index contributed by atoms with van der Waals surface area (Å²) in [5.74, 6) is 0.699. The molecule has 1 aromatic heterocycles. The highest BCUT2D eigenvalue weighted by Gasteiger charge is 2.20. The Morgan fingerprint density at radius 3 is 3.05 bits per heavy atom. The van der Waals surface area contributed by atoms with Crippen LogP contribution in [-0.4, -0.2) is 31.2 Å². The second-order valence-corrected chi connectivity index (χ2v) is 5.62. The number of benzene rings is 1. The van der Waals surface area contributed by atoms with Gasteiger partial charge in [-0.2, -0.15) is 4.98 Å². The number of oxazole rings is 1. The van der Waals surface area contributed by atoms with Crippen LogP contribution in [-0.2, 0) is 0 Å². The maximum Gasteiger partial charge on any atom is 0.298 e. The van der Waals surface area contributed by atoms with Crippen LogP contribution < -0.4 is 10.2 Å². The first-order valence-electron chi connectivity index (χ1n) is 7.68. The largest absolute Gasteiger partial charge is 0.423 e. The van der Waals surface area contributed by atoms with E-state index in [9.17, 15) is 0 Å². The third-order valence-electron chi connectivity index (χ3n) is 3.92. The second kappa shape index (κ2) is 6.27. The van der Waals surface area contributed by atoms with Crippen LogP contribution in [0.2, 0.25) is 0 Å². The molecule has 0 saturated carbocycles. The van der Waals surface area contributed by atoms with Crippen molar-refractivity contribution in [1.82, 2.24) is 10.3 Å². The molecule has 1 fully saturated rings. The van der Waals surface area contributed by atoms with E-state index in [4.69, 9.17) is 4.42 Å². The standard InChI is InChI=1S/C16H23N3O/c1-2-10-19(12-13-6-5-9-17-11-13)16-18-14-7-3-4-8-15(14)20-16/h3-4,7-8,13,17H,2,5-6,9-12H2,1H3. The number of nitrogens with one attached hydrogen (secondary N) is 1. The van der Waals surface area contributed by atoms with Crippen molar-refractivity contribution in [3.05, 3.63) is 24.3 Å². The first-order valence-corrected chi connectivity index (χ1v) is 7.68. The van der Waals surface area contributed by atoms with E-state index >= 15 is 0 Å². The average molecular weight is 273 g/mol. The van der Waals surface area contributed by atoms with Crippen LogP contribution in [0.1, 0.15) is 26.2 Å². The fourth-order valence-electron chi connectivity index (χ4n) is 2.92. The normalized spacial score (nSPS) is 19.4. The maximum atomic E-state index is 5.92. The Hall–Kier alpha value is -1.55. The molecule has 1 aromatic carbocycles. The Balaban J connectivity index is 1.77.